The third-order valence-electron chi connectivity index (χ3n) is 7.28. The maximum absolute atomic E-state index is 11.8. The third-order valence-corrected chi connectivity index (χ3v) is 7.28. The van der Waals surface area contributed by atoms with Crippen LogP contribution in [0.1, 0.15) is 72.1 Å². The molecule has 5 atom stereocenters. The lowest BCUT2D eigenvalue weighted by Gasteiger charge is -2.30. The van der Waals surface area contributed by atoms with Gasteiger partial charge in [0.1, 0.15) is 12.2 Å². The number of nitrogens with one attached hydrogen (secondary N) is 2. The van der Waals surface area contributed by atoms with Crippen LogP contribution in [0.3, 0.4) is 0 Å². The van der Waals surface area contributed by atoms with Crippen LogP contribution in [0, 0.1) is 11.8 Å². The van der Waals surface area contributed by atoms with Crippen LogP contribution < -0.4 is 16.4 Å². The number of hydrogen-bond acceptors (Lipinski definition) is 11. The number of rotatable bonds is 28. The highest BCUT2D eigenvalue weighted by Gasteiger charge is 2.30. The smallest absolute Gasteiger partial charge is 0.314 e. The van der Waals surface area contributed by atoms with Gasteiger partial charge in [0, 0.05) is 46.1 Å². The van der Waals surface area contributed by atoms with Crippen molar-refractivity contribution in [1.82, 2.24) is 10.6 Å². The van der Waals surface area contributed by atoms with Gasteiger partial charge >= 0.3 is 6.03 Å². The number of hydrogen-bond donors (Lipinski definition) is 6. The second-order valence-corrected chi connectivity index (χ2v) is 11.5. The normalized spacial score (nSPS) is 19.4. The highest BCUT2D eigenvalue weighted by Crippen LogP contribution is 2.14. The Morgan fingerprint density at radius 3 is 1.82 bits per heavy atom. The van der Waals surface area contributed by atoms with Gasteiger partial charge in [-0.15, -0.1) is 0 Å². The van der Waals surface area contributed by atoms with Crippen LogP contribution in [0.4, 0.5) is 4.79 Å². The summed E-state index contributed by atoms with van der Waals surface area (Å²) >= 11 is 0. The summed E-state index contributed by atoms with van der Waals surface area (Å²) in [4.78, 5) is 11.8. The van der Waals surface area contributed by atoms with E-state index in [1.165, 1.54) is 19.3 Å². The lowest BCUT2D eigenvalue weighted by Crippen LogP contribution is -2.46. The minimum absolute atomic E-state index is 0.174. The number of aliphatic hydroxyl groups excluding tert-OH is 3. The SMILES string of the molecule is CCCC(C)CCCOCCNC(=O)NCCOCCC(C)CCCOCCOCCOCCN.OCC1OCCC(O)C1O. The zero-order valence-electron chi connectivity index (χ0n) is 28.4. The third kappa shape index (κ3) is 28.8. The minimum Gasteiger partial charge on any atom is -0.394 e. The predicted molar refractivity (Wildman–Crippen MR) is 174 cm³/mol. The van der Waals surface area contributed by atoms with Gasteiger partial charge < -0.3 is 60.1 Å². The van der Waals surface area contributed by atoms with Gasteiger partial charge in [-0.2, -0.15) is 0 Å². The van der Waals surface area contributed by atoms with Crippen molar-refractivity contribution in [2.45, 2.75) is 90.4 Å². The van der Waals surface area contributed by atoms with Crippen molar-refractivity contribution in [3.05, 3.63) is 0 Å². The summed E-state index contributed by atoms with van der Waals surface area (Å²) in [6, 6.07) is -0.174. The fraction of sp³-hybridized carbons (Fsp3) is 0.969. The fourth-order valence-electron chi connectivity index (χ4n) is 4.52. The second-order valence-electron chi connectivity index (χ2n) is 11.5. The van der Waals surface area contributed by atoms with Crippen LogP contribution in [-0.4, -0.2) is 139 Å². The molecule has 0 aromatic rings. The highest BCUT2D eigenvalue weighted by atomic mass is 16.5. The zero-order valence-corrected chi connectivity index (χ0v) is 28.4. The average Bonchev–Trinajstić information content (AvgIpc) is 3.02. The van der Waals surface area contributed by atoms with E-state index in [0.717, 1.165) is 44.8 Å². The largest absolute Gasteiger partial charge is 0.394 e. The Kier molecular flexibility index (Phi) is 32.0. The Balaban J connectivity index is 0.00000162. The van der Waals surface area contributed by atoms with Gasteiger partial charge in [-0.05, 0) is 50.4 Å². The Morgan fingerprint density at radius 1 is 0.778 bits per heavy atom. The van der Waals surface area contributed by atoms with Crippen LogP contribution in [0.25, 0.3) is 0 Å². The number of urea groups is 1. The Labute approximate surface area is 272 Å². The van der Waals surface area contributed by atoms with Crippen LogP contribution >= 0.6 is 0 Å². The van der Waals surface area contributed by atoms with Crippen molar-refractivity contribution in [3.63, 3.8) is 0 Å². The molecule has 0 radical (unpaired) electrons. The maximum atomic E-state index is 11.8. The van der Waals surface area contributed by atoms with E-state index in [0.29, 0.717) is 91.4 Å². The first-order valence-electron chi connectivity index (χ1n) is 17.0. The number of amides is 2. The Hall–Kier alpha value is -1.13. The highest BCUT2D eigenvalue weighted by molar-refractivity contribution is 5.73. The van der Waals surface area contributed by atoms with E-state index in [2.05, 4.69) is 31.4 Å². The van der Waals surface area contributed by atoms with Gasteiger partial charge in [0.15, 0.2) is 0 Å². The lowest BCUT2D eigenvalue weighted by molar-refractivity contribution is -0.147. The number of carbonyl (C=O) groups excluding carboxylic acids is 1. The molecule has 1 fully saturated rings. The average molecular weight is 654 g/mol. The van der Waals surface area contributed by atoms with Crippen molar-refractivity contribution < 1.29 is 48.5 Å². The topological polar surface area (TPSA) is 183 Å². The molecular weight excluding hydrogens is 586 g/mol. The number of nitrogens with two attached hydrogens (primary N) is 1. The molecular formula is C32H67N3O10. The molecule has 1 saturated heterocycles. The molecule has 0 aliphatic carbocycles. The molecule has 1 rings (SSSR count). The zero-order chi connectivity index (χ0) is 33.4. The monoisotopic (exact) mass is 653 g/mol. The predicted octanol–water partition coefficient (Wildman–Crippen LogP) is 1.84. The standard InChI is InChI=1S/C26H55N3O6.C6H12O4/c1-4-7-24(2)8-5-14-31-18-12-28-26(30)29-13-19-33-16-10-25(3)9-6-15-32-20-22-35-23-21-34-17-11-27;7-3-5-6(9)4(8)1-2-10-5/h24-25H,4-23,27H2,1-3H3,(H2,28,29,30);4-9H,1-3H2. The van der Waals surface area contributed by atoms with E-state index in [-0.39, 0.29) is 12.6 Å². The molecule has 13 heteroatoms. The van der Waals surface area contributed by atoms with Crippen molar-refractivity contribution >= 4 is 6.03 Å². The van der Waals surface area contributed by atoms with E-state index < -0.39 is 18.3 Å². The van der Waals surface area contributed by atoms with E-state index in [1.54, 1.807) is 0 Å². The van der Waals surface area contributed by atoms with Crippen LogP contribution in [0.15, 0.2) is 0 Å². The van der Waals surface area contributed by atoms with E-state index in [1.807, 2.05) is 0 Å². The van der Waals surface area contributed by atoms with Gasteiger partial charge in [0.2, 0.25) is 0 Å². The number of carbonyl (C=O) groups is 1. The molecule has 45 heavy (non-hydrogen) atoms. The van der Waals surface area contributed by atoms with Crippen molar-refractivity contribution in [3.8, 4) is 0 Å². The molecule has 1 aliphatic rings. The maximum Gasteiger partial charge on any atom is 0.314 e. The first-order chi connectivity index (χ1) is 21.8. The summed E-state index contributed by atoms with van der Waals surface area (Å²) in [6.07, 6.45) is 6.12. The first kappa shape index (κ1) is 43.9. The fourth-order valence-corrected chi connectivity index (χ4v) is 4.52. The van der Waals surface area contributed by atoms with E-state index in [9.17, 15) is 4.79 Å². The van der Waals surface area contributed by atoms with Crippen LogP contribution in [0.5, 0.6) is 0 Å². The van der Waals surface area contributed by atoms with Crippen LogP contribution in [-0.2, 0) is 28.4 Å². The quantitative estimate of drug-likeness (QED) is 0.0678. The lowest BCUT2D eigenvalue weighted by atomic mass is 10.0. The van der Waals surface area contributed by atoms with E-state index >= 15 is 0 Å². The molecule has 0 saturated carbocycles. The molecule has 0 aromatic carbocycles. The van der Waals surface area contributed by atoms with Crippen molar-refractivity contribution in [2.75, 3.05) is 98.9 Å². The number of ether oxygens (including phenoxy) is 6. The first-order valence-corrected chi connectivity index (χ1v) is 17.0. The summed E-state index contributed by atoms with van der Waals surface area (Å²) < 4.78 is 32.4. The minimum atomic E-state index is -0.932. The molecule has 7 N–H and O–H groups in total. The van der Waals surface area contributed by atoms with Crippen molar-refractivity contribution in [1.29, 1.82) is 0 Å². The van der Waals surface area contributed by atoms with E-state index in [4.69, 9.17) is 49.5 Å². The summed E-state index contributed by atoms with van der Waals surface area (Å²) in [5.74, 6) is 1.35. The summed E-state index contributed by atoms with van der Waals surface area (Å²) in [6.45, 7) is 14.7. The summed E-state index contributed by atoms with van der Waals surface area (Å²) in [7, 11) is 0. The molecule has 0 bridgehead atoms. The Bertz CT molecular complexity index is 638. The molecule has 270 valence electrons. The van der Waals surface area contributed by atoms with Gasteiger partial charge in [0.25, 0.3) is 0 Å². The van der Waals surface area contributed by atoms with Gasteiger partial charge in [-0.25, -0.2) is 4.79 Å². The molecule has 5 unspecified atom stereocenters. The molecule has 13 nitrogen and oxygen atoms in total. The molecule has 0 aromatic heterocycles. The van der Waals surface area contributed by atoms with Crippen LogP contribution in [0.2, 0.25) is 0 Å². The molecule has 1 heterocycles. The number of aliphatic hydroxyl groups is 3. The summed E-state index contributed by atoms with van der Waals surface area (Å²) in [5.41, 5.74) is 5.34. The van der Waals surface area contributed by atoms with Gasteiger partial charge in [-0.1, -0.05) is 33.6 Å². The molecule has 1 aliphatic heterocycles. The molecule has 0 spiro atoms. The van der Waals surface area contributed by atoms with Gasteiger partial charge in [-0.3, -0.25) is 0 Å². The molecule has 2 amide bonds. The van der Waals surface area contributed by atoms with Gasteiger partial charge in [0.05, 0.1) is 59.0 Å². The van der Waals surface area contributed by atoms with Crippen molar-refractivity contribution in [2.24, 2.45) is 17.6 Å². The second kappa shape index (κ2) is 32.8. The summed E-state index contributed by atoms with van der Waals surface area (Å²) in [5, 5.41) is 32.3. The Morgan fingerprint density at radius 2 is 1.29 bits per heavy atom.